The molecule has 0 radical (unpaired) electrons. The van der Waals surface area contributed by atoms with Crippen LogP contribution in [0.5, 0.6) is 0 Å². The molecule has 0 aliphatic carbocycles. The zero-order chi connectivity index (χ0) is 13.7. The Balaban J connectivity index is 2.07. The lowest BCUT2D eigenvalue weighted by molar-refractivity contribution is 0.0956. The van der Waals surface area contributed by atoms with Gasteiger partial charge in [0.1, 0.15) is 0 Å². The maximum atomic E-state index is 12.0. The largest absolute Gasteiger partial charge is 0.399 e. The first-order valence-electron chi connectivity index (χ1n) is 6.74. The highest BCUT2D eigenvalue weighted by Gasteiger charge is 2.17. The molecule has 104 valence electrons. The van der Waals surface area contributed by atoms with Gasteiger partial charge in [-0.2, -0.15) is 0 Å². The average molecular weight is 263 g/mol. The molecule has 0 spiro atoms. The third-order valence-electron chi connectivity index (χ3n) is 3.17. The number of amides is 1. The predicted octanol–water partition coefficient (Wildman–Crippen LogP) is 1.61. The van der Waals surface area contributed by atoms with Gasteiger partial charge in [-0.15, -0.1) is 0 Å². The van der Waals surface area contributed by atoms with E-state index in [0.717, 1.165) is 31.7 Å². The minimum Gasteiger partial charge on any atom is -0.399 e. The van der Waals surface area contributed by atoms with E-state index in [9.17, 15) is 4.79 Å². The monoisotopic (exact) mass is 263 g/mol. The summed E-state index contributed by atoms with van der Waals surface area (Å²) in [6.07, 6.45) is 2.41. The molecule has 1 aromatic carbocycles. The third-order valence-corrected chi connectivity index (χ3v) is 3.17. The molecule has 19 heavy (non-hydrogen) atoms. The fourth-order valence-corrected chi connectivity index (χ4v) is 2.19. The Morgan fingerprint density at radius 1 is 1.53 bits per heavy atom. The molecular weight excluding hydrogens is 242 g/mol. The van der Waals surface area contributed by atoms with Gasteiger partial charge in [0, 0.05) is 31.1 Å². The van der Waals surface area contributed by atoms with Crippen molar-refractivity contribution in [3.63, 3.8) is 0 Å². The van der Waals surface area contributed by atoms with E-state index in [1.807, 2.05) is 13.0 Å². The molecule has 0 unspecified atom stereocenters. The molecule has 1 atom stereocenters. The molecule has 5 heteroatoms. The number of ether oxygens (including phenoxy) is 1. The summed E-state index contributed by atoms with van der Waals surface area (Å²) in [4.78, 5) is 12.0. The molecule has 1 saturated heterocycles. The first-order chi connectivity index (χ1) is 9.20. The average Bonchev–Trinajstić information content (AvgIpc) is 2.90. The topological polar surface area (TPSA) is 76.4 Å². The van der Waals surface area contributed by atoms with Crippen LogP contribution in [0.15, 0.2) is 18.2 Å². The Morgan fingerprint density at radius 3 is 3.05 bits per heavy atom. The van der Waals surface area contributed by atoms with Crippen LogP contribution < -0.4 is 16.4 Å². The summed E-state index contributed by atoms with van der Waals surface area (Å²) >= 11 is 0. The van der Waals surface area contributed by atoms with E-state index in [0.29, 0.717) is 17.8 Å². The van der Waals surface area contributed by atoms with Crippen molar-refractivity contribution in [3.05, 3.63) is 23.8 Å². The molecule has 0 saturated carbocycles. The molecule has 0 aromatic heterocycles. The van der Waals surface area contributed by atoms with Crippen molar-refractivity contribution in [2.75, 3.05) is 30.7 Å². The Hall–Kier alpha value is -1.75. The van der Waals surface area contributed by atoms with Crippen LogP contribution in [-0.4, -0.2) is 31.7 Å². The van der Waals surface area contributed by atoms with E-state index in [1.165, 1.54) is 0 Å². The van der Waals surface area contributed by atoms with Crippen LogP contribution in [0, 0.1) is 0 Å². The Labute approximate surface area is 113 Å². The molecule has 1 amide bonds. The van der Waals surface area contributed by atoms with Crippen molar-refractivity contribution in [2.45, 2.75) is 25.9 Å². The van der Waals surface area contributed by atoms with Gasteiger partial charge in [0.25, 0.3) is 5.91 Å². The fraction of sp³-hybridized carbons (Fsp3) is 0.500. The molecule has 2 rings (SSSR count). The molecule has 0 bridgehead atoms. The number of benzene rings is 1. The van der Waals surface area contributed by atoms with Gasteiger partial charge in [-0.05, 0) is 38.0 Å². The van der Waals surface area contributed by atoms with E-state index in [2.05, 4.69) is 10.6 Å². The van der Waals surface area contributed by atoms with Crippen molar-refractivity contribution < 1.29 is 9.53 Å². The number of nitrogens with one attached hydrogen (secondary N) is 2. The van der Waals surface area contributed by atoms with E-state index in [-0.39, 0.29) is 12.0 Å². The quantitative estimate of drug-likeness (QED) is 0.705. The van der Waals surface area contributed by atoms with E-state index in [4.69, 9.17) is 10.5 Å². The first kappa shape index (κ1) is 13.7. The molecule has 1 heterocycles. The zero-order valence-corrected chi connectivity index (χ0v) is 11.2. The van der Waals surface area contributed by atoms with Crippen LogP contribution in [0.2, 0.25) is 0 Å². The second kappa shape index (κ2) is 6.43. The first-order valence-corrected chi connectivity index (χ1v) is 6.74. The number of rotatable bonds is 5. The van der Waals surface area contributed by atoms with Crippen LogP contribution >= 0.6 is 0 Å². The second-order valence-corrected chi connectivity index (χ2v) is 4.68. The standard InChI is InChI=1S/C14H21N3O2/c1-2-16-14(18)12-8-10(15)5-6-13(12)17-9-11-4-3-7-19-11/h5-6,8,11,17H,2-4,7,9,15H2,1H3,(H,16,18)/t11-/m0/s1. The number of carbonyl (C=O) groups is 1. The summed E-state index contributed by atoms with van der Waals surface area (Å²) < 4.78 is 5.56. The Morgan fingerprint density at radius 2 is 2.37 bits per heavy atom. The van der Waals surface area contributed by atoms with Gasteiger partial charge in [0.05, 0.1) is 11.7 Å². The minimum atomic E-state index is -0.107. The molecule has 1 aliphatic heterocycles. The smallest absolute Gasteiger partial charge is 0.253 e. The maximum absolute atomic E-state index is 12.0. The maximum Gasteiger partial charge on any atom is 0.253 e. The van der Waals surface area contributed by atoms with E-state index < -0.39 is 0 Å². The SMILES string of the molecule is CCNC(=O)c1cc(N)ccc1NC[C@@H]1CCCO1. The van der Waals surface area contributed by atoms with Crippen molar-refractivity contribution >= 4 is 17.3 Å². The minimum absolute atomic E-state index is 0.107. The second-order valence-electron chi connectivity index (χ2n) is 4.68. The number of anilines is 2. The van der Waals surface area contributed by atoms with Gasteiger partial charge in [0.15, 0.2) is 0 Å². The van der Waals surface area contributed by atoms with Crippen LogP contribution in [0.1, 0.15) is 30.1 Å². The summed E-state index contributed by atoms with van der Waals surface area (Å²) in [5, 5.41) is 6.07. The number of nitrogens with two attached hydrogens (primary N) is 1. The molecule has 4 N–H and O–H groups in total. The number of nitrogen functional groups attached to an aromatic ring is 1. The van der Waals surface area contributed by atoms with Gasteiger partial charge in [0.2, 0.25) is 0 Å². The molecule has 5 nitrogen and oxygen atoms in total. The highest BCUT2D eigenvalue weighted by molar-refractivity contribution is 6.00. The van der Waals surface area contributed by atoms with Gasteiger partial charge < -0.3 is 21.1 Å². The lowest BCUT2D eigenvalue weighted by atomic mass is 10.1. The summed E-state index contributed by atoms with van der Waals surface area (Å²) in [6, 6.07) is 5.33. The van der Waals surface area contributed by atoms with Crippen molar-refractivity contribution in [1.29, 1.82) is 0 Å². The van der Waals surface area contributed by atoms with Crippen LogP contribution in [0.3, 0.4) is 0 Å². The lowest BCUT2D eigenvalue weighted by Gasteiger charge is -2.15. The Bertz CT molecular complexity index is 442. The summed E-state index contributed by atoms with van der Waals surface area (Å²) in [5.41, 5.74) is 7.72. The third kappa shape index (κ3) is 3.61. The predicted molar refractivity (Wildman–Crippen MR) is 76.3 cm³/mol. The molecule has 1 aromatic rings. The van der Waals surface area contributed by atoms with Crippen molar-refractivity contribution in [1.82, 2.24) is 5.32 Å². The van der Waals surface area contributed by atoms with Crippen LogP contribution in [0.25, 0.3) is 0 Å². The highest BCUT2D eigenvalue weighted by atomic mass is 16.5. The molecular formula is C14H21N3O2. The van der Waals surface area contributed by atoms with Gasteiger partial charge in [-0.3, -0.25) is 4.79 Å². The summed E-state index contributed by atoms with van der Waals surface area (Å²) in [5.74, 6) is -0.107. The fourth-order valence-electron chi connectivity index (χ4n) is 2.19. The van der Waals surface area contributed by atoms with Gasteiger partial charge in [-0.1, -0.05) is 0 Å². The summed E-state index contributed by atoms with van der Waals surface area (Å²) in [7, 11) is 0. The van der Waals surface area contributed by atoms with E-state index in [1.54, 1.807) is 12.1 Å². The normalized spacial score (nSPS) is 18.3. The van der Waals surface area contributed by atoms with Crippen LogP contribution in [-0.2, 0) is 4.74 Å². The number of hydrogen-bond acceptors (Lipinski definition) is 4. The van der Waals surface area contributed by atoms with Crippen molar-refractivity contribution in [2.24, 2.45) is 0 Å². The van der Waals surface area contributed by atoms with Crippen molar-refractivity contribution in [3.8, 4) is 0 Å². The molecule has 1 fully saturated rings. The summed E-state index contributed by atoms with van der Waals surface area (Å²) in [6.45, 7) is 4.04. The molecule has 1 aliphatic rings. The van der Waals surface area contributed by atoms with E-state index >= 15 is 0 Å². The number of hydrogen-bond donors (Lipinski definition) is 3. The van der Waals surface area contributed by atoms with Crippen LogP contribution in [0.4, 0.5) is 11.4 Å². The highest BCUT2D eigenvalue weighted by Crippen LogP contribution is 2.20. The van der Waals surface area contributed by atoms with Gasteiger partial charge in [-0.25, -0.2) is 0 Å². The van der Waals surface area contributed by atoms with Gasteiger partial charge >= 0.3 is 0 Å². The Kier molecular flexibility index (Phi) is 4.63. The lowest BCUT2D eigenvalue weighted by Crippen LogP contribution is -2.25. The zero-order valence-electron chi connectivity index (χ0n) is 11.2. The number of carbonyl (C=O) groups excluding carboxylic acids is 1.